The number of nitrogens with one attached hydrogen (secondary N) is 1. The first kappa shape index (κ1) is 15.6. The zero-order valence-electron chi connectivity index (χ0n) is 13.2. The number of ether oxygens (including phenoxy) is 1. The fourth-order valence-corrected chi connectivity index (χ4v) is 2.21. The first-order chi connectivity index (χ1) is 10.1. The van der Waals surface area contributed by atoms with Gasteiger partial charge in [0, 0.05) is 6.54 Å². The summed E-state index contributed by atoms with van der Waals surface area (Å²) < 4.78 is 5.85. The predicted molar refractivity (Wildman–Crippen MR) is 88.5 cm³/mol. The van der Waals surface area contributed by atoms with E-state index in [4.69, 9.17) is 4.74 Å². The standard InChI is InChI=1S/C19H25NO/c1-15(2)12-20-13-17-7-5-8-18(11-17)14-21-19-9-4-6-16(3)10-19/h4-11,15,20H,12-14H2,1-3H3. The van der Waals surface area contributed by atoms with Crippen LogP contribution >= 0.6 is 0 Å². The van der Waals surface area contributed by atoms with Gasteiger partial charge in [-0.2, -0.15) is 0 Å². The molecule has 0 fully saturated rings. The molecule has 0 aliphatic heterocycles. The van der Waals surface area contributed by atoms with Crippen molar-refractivity contribution in [3.8, 4) is 5.75 Å². The summed E-state index contributed by atoms with van der Waals surface area (Å²) in [5, 5.41) is 3.47. The highest BCUT2D eigenvalue weighted by Gasteiger charge is 1.99. The summed E-state index contributed by atoms with van der Waals surface area (Å²) in [6.07, 6.45) is 0. The van der Waals surface area contributed by atoms with Gasteiger partial charge in [-0.3, -0.25) is 0 Å². The summed E-state index contributed by atoms with van der Waals surface area (Å²) >= 11 is 0. The first-order valence-corrected chi connectivity index (χ1v) is 7.61. The highest BCUT2D eigenvalue weighted by Crippen LogP contribution is 2.15. The van der Waals surface area contributed by atoms with Crippen molar-refractivity contribution in [1.29, 1.82) is 0 Å². The van der Waals surface area contributed by atoms with Crippen LogP contribution in [0.15, 0.2) is 48.5 Å². The molecule has 2 nitrogen and oxygen atoms in total. The summed E-state index contributed by atoms with van der Waals surface area (Å²) in [6.45, 7) is 9.09. The topological polar surface area (TPSA) is 21.3 Å². The maximum Gasteiger partial charge on any atom is 0.120 e. The molecule has 0 bridgehead atoms. The van der Waals surface area contributed by atoms with Crippen molar-refractivity contribution in [2.45, 2.75) is 33.9 Å². The second kappa shape index (κ2) is 7.84. The molecule has 0 saturated heterocycles. The number of benzene rings is 2. The van der Waals surface area contributed by atoms with Crippen molar-refractivity contribution < 1.29 is 4.74 Å². The van der Waals surface area contributed by atoms with Gasteiger partial charge >= 0.3 is 0 Å². The van der Waals surface area contributed by atoms with E-state index in [1.807, 2.05) is 12.1 Å². The van der Waals surface area contributed by atoms with Crippen molar-refractivity contribution in [2.24, 2.45) is 5.92 Å². The molecule has 0 unspecified atom stereocenters. The third kappa shape index (κ3) is 5.60. The largest absolute Gasteiger partial charge is 0.489 e. The molecular formula is C19H25NO. The molecule has 21 heavy (non-hydrogen) atoms. The van der Waals surface area contributed by atoms with Crippen molar-refractivity contribution >= 4 is 0 Å². The van der Waals surface area contributed by atoms with Gasteiger partial charge in [0.25, 0.3) is 0 Å². The number of rotatable bonds is 7. The van der Waals surface area contributed by atoms with Crippen LogP contribution in [0.4, 0.5) is 0 Å². The van der Waals surface area contributed by atoms with Gasteiger partial charge in [0.05, 0.1) is 0 Å². The van der Waals surface area contributed by atoms with E-state index < -0.39 is 0 Å². The Morgan fingerprint density at radius 3 is 2.52 bits per heavy atom. The SMILES string of the molecule is Cc1cccc(OCc2cccc(CNCC(C)C)c2)c1. The fraction of sp³-hybridized carbons (Fsp3) is 0.368. The van der Waals surface area contributed by atoms with E-state index in [-0.39, 0.29) is 0 Å². The van der Waals surface area contributed by atoms with E-state index in [0.29, 0.717) is 12.5 Å². The Hall–Kier alpha value is -1.80. The van der Waals surface area contributed by atoms with Crippen LogP contribution < -0.4 is 10.1 Å². The van der Waals surface area contributed by atoms with Gasteiger partial charge in [0.1, 0.15) is 12.4 Å². The summed E-state index contributed by atoms with van der Waals surface area (Å²) in [5.41, 5.74) is 3.74. The van der Waals surface area contributed by atoms with E-state index in [1.54, 1.807) is 0 Å². The Labute approximate surface area is 128 Å². The molecule has 0 atom stereocenters. The van der Waals surface area contributed by atoms with Crippen LogP contribution in [0.2, 0.25) is 0 Å². The lowest BCUT2D eigenvalue weighted by Crippen LogP contribution is -2.19. The van der Waals surface area contributed by atoms with E-state index in [1.165, 1.54) is 16.7 Å². The third-order valence-corrected chi connectivity index (χ3v) is 3.27. The Morgan fingerprint density at radius 2 is 1.76 bits per heavy atom. The van der Waals surface area contributed by atoms with Crippen LogP contribution in [-0.4, -0.2) is 6.54 Å². The molecule has 2 aromatic rings. The quantitative estimate of drug-likeness (QED) is 0.817. The van der Waals surface area contributed by atoms with E-state index in [0.717, 1.165) is 18.8 Å². The summed E-state index contributed by atoms with van der Waals surface area (Å²) in [5.74, 6) is 1.61. The number of aryl methyl sites for hydroxylation is 1. The molecule has 2 aromatic carbocycles. The molecule has 1 N–H and O–H groups in total. The molecule has 0 amide bonds. The maximum atomic E-state index is 5.85. The highest BCUT2D eigenvalue weighted by atomic mass is 16.5. The Morgan fingerprint density at radius 1 is 1.00 bits per heavy atom. The molecule has 0 heterocycles. The summed E-state index contributed by atoms with van der Waals surface area (Å²) in [4.78, 5) is 0. The first-order valence-electron chi connectivity index (χ1n) is 7.61. The molecule has 2 heteroatoms. The Kier molecular flexibility index (Phi) is 5.82. The minimum absolute atomic E-state index is 0.613. The third-order valence-electron chi connectivity index (χ3n) is 3.27. The van der Waals surface area contributed by atoms with Gasteiger partial charge in [-0.1, -0.05) is 50.2 Å². The van der Waals surface area contributed by atoms with Crippen LogP contribution in [0.25, 0.3) is 0 Å². The van der Waals surface area contributed by atoms with Gasteiger partial charge in [0.2, 0.25) is 0 Å². The lowest BCUT2D eigenvalue weighted by atomic mass is 10.1. The van der Waals surface area contributed by atoms with E-state index >= 15 is 0 Å². The Balaban J connectivity index is 1.88. The smallest absolute Gasteiger partial charge is 0.120 e. The second-order valence-corrected chi connectivity index (χ2v) is 5.95. The zero-order chi connectivity index (χ0) is 15.1. The predicted octanol–water partition coefficient (Wildman–Crippen LogP) is 4.32. The molecule has 0 radical (unpaired) electrons. The van der Waals surface area contributed by atoms with E-state index in [9.17, 15) is 0 Å². The van der Waals surface area contributed by atoms with Gasteiger partial charge in [-0.15, -0.1) is 0 Å². The van der Waals surface area contributed by atoms with Crippen molar-refractivity contribution in [1.82, 2.24) is 5.32 Å². The highest BCUT2D eigenvalue weighted by molar-refractivity contribution is 5.28. The van der Waals surface area contributed by atoms with Crippen LogP contribution in [0, 0.1) is 12.8 Å². The molecule has 0 aliphatic carbocycles. The lowest BCUT2D eigenvalue weighted by Gasteiger charge is -2.10. The van der Waals surface area contributed by atoms with Crippen LogP contribution in [0.3, 0.4) is 0 Å². The summed E-state index contributed by atoms with van der Waals surface area (Å²) in [6, 6.07) is 16.7. The monoisotopic (exact) mass is 283 g/mol. The Bertz CT molecular complexity index is 563. The maximum absolute atomic E-state index is 5.85. The van der Waals surface area contributed by atoms with Crippen molar-refractivity contribution in [2.75, 3.05) is 6.54 Å². The summed E-state index contributed by atoms with van der Waals surface area (Å²) in [7, 11) is 0. The van der Waals surface area contributed by atoms with Crippen LogP contribution in [0.1, 0.15) is 30.5 Å². The normalized spacial score (nSPS) is 10.9. The lowest BCUT2D eigenvalue weighted by molar-refractivity contribution is 0.306. The second-order valence-electron chi connectivity index (χ2n) is 5.95. The molecule has 0 spiro atoms. The molecule has 112 valence electrons. The molecular weight excluding hydrogens is 258 g/mol. The number of hydrogen-bond donors (Lipinski definition) is 1. The van der Waals surface area contributed by atoms with Gasteiger partial charge in [-0.25, -0.2) is 0 Å². The van der Waals surface area contributed by atoms with Gasteiger partial charge in [0.15, 0.2) is 0 Å². The van der Waals surface area contributed by atoms with E-state index in [2.05, 4.69) is 62.5 Å². The zero-order valence-corrected chi connectivity index (χ0v) is 13.2. The fourth-order valence-electron chi connectivity index (χ4n) is 2.21. The van der Waals surface area contributed by atoms with Crippen molar-refractivity contribution in [3.63, 3.8) is 0 Å². The average molecular weight is 283 g/mol. The van der Waals surface area contributed by atoms with Gasteiger partial charge < -0.3 is 10.1 Å². The van der Waals surface area contributed by atoms with Crippen molar-refractivity contribution in [3.05, 3.63) is 65.2 Å². The van der Waals surface area contributed by atoms with Crippen LogP contribution in [0.5, 0.6) is 5.75 Å². The number of hydrogen-bond acceptors (Lipinski definition) is 2. The van der Waals surface area contributed by atoms with Gasteiger partial charge in [-0.05, 0) is 48.2 Å². The molecule has 0 saturated carbocycles. The average Bonchev–Trinajstić information content (AvgIpc) is 2.45. The molecule has 0 aliphatic rings. The van der Waals surface area contributed by atoms with Crippen LogP contribution in [-0.2, 0) is 13.2 Å². The minimum atomic E-state index is 0.613. The molecule has 2 rings (SSSR count). The molecule has 0 aromatic heterocycles. The minimum Gasteiger partial charge on any atom is -0.489 e.